The SMILES string of the molecule is C=C1C=C(c2cccc(Cl)c2)c2cc(-c3cncn3C)ccc2N1C.CCP(CCCC#Cc1cc(Cl)ccc1CN)NF. The normalized spacial score (nSPS) is 12.8. The van der Waals surface area contributed by atoms with Gasteiger partial charge in [-0.25, -0.2) is 4.98 Å². The van der Waals surface area contributed by atoms with Crippen LogP contribution in [0.1, 0.15) is 42.0 Å². The van der Waals surface area contributed by atoms with Gasteiger partial charge in [0.15, 0.2) is 0 Å². The number of benzene rings is 3. The van der Waals surface area contributed by atoms with E-state index in [0.29, 0.717) is 11.6 Å². The number of unbranched alkanes of at least 4 members (excludes halogenated alkanes) is 1. The zero-order valence-electron chi connectivity index (χ0n) is 25.2. The van der Waals surface area contributed by atoms with E-state index < -0.39 is 8.07 Å². The first kappa shape index (κ1) is 33.5. The standard InChI is InChI=1S/C21H18ClN3.C14H19ClFN2P/c1-14-9-18(15-5-4-6-17(22)10-15)19-11-16(7-8-20(19)25(14)3)21-12-23-13-24(21)2;1-2-19(18-16)9-5-3-4-6-12-10-14(15)8-7-13(12)11-17/h4-13H,1H2,2-3H3;7-8,10,18H,2-3,5,9,11,17H2,1H3. The minimum absolute atomic E-state index is 0.452. The van der Waals surface area contributed by atoms with Crippen LogP contribution in [0.3, 0.4) is 0 Å². The van der Waals surface area contributed by atoms with Gasteiger partial charge in [0.1, 0.15) is 0 Å². The van der Waals surface area contributed by atoms with Crippen molar-refractivity contribution >= 4 is 42.5 Å². The molecule has 4 aromatic rings. The van der Waals surface area contributed by atoms with Crippen LogP contribution in [0.4, 0.5) is 10.2 Å². The summed E-state index contributed by atoms with van der Waals surface area (Å²) in [6.45, 7) is 6.62. The molecule has 0 bridgehead atoms. The molecule has 0 aliphatic carbocycles. The largest absolute Gasteiger partial charge is 0.345 e. The number of rotatable bonds is 8. The Hall–Kier alpha value is -3.43. The molecule has 5 nitrogen and oxygen atoms in total. The Bertz CT molecular complexity index is 1700. The summed E-state index contributed by atoms with van der Waals surface area (Å²) in [6, 6.07) is 20.0. The van der Waals surface area contributed by atoms with Gasteiger partial charge < -0.3 is 15.2 Å². The Morgan fingerprint density at radius 1 is 1.05 bits per heavy atom. The number of aryl methyl sites for hydroxylation is 1. The molecule has 2 heterocycles. The molecular weight excluding hydrogens is 611 g/mol. The number of hydrogen-bond donors (Lipinski definition) is 2. The molecule has 0 saturated heterocycles. The van der Waals surface area contributed by atoms with Crippen molar-refractivity contribution in [2.24, 2.45) is 12.8 Å². The van der Waals surface area contributed by atoms with Crippen molar-refractivity contribution in [2.45, 2.75) is 26.3 Å². The molecule has 1 unspecified atom stereocenters. The van der Waals surface area contributed by atoms with E-state index in [9.17, 15) is 4.48 Å². The fourth-order valence-electron chi connectivity index (χ4n) is 4.85. The third-order valence-electron chi connectivity index (χ3n) is 7.38. The molecule has 1 aliphatic rings. The van der Waals surface area contributed by atoms with Crippen molar-refractivity contribution in [1.82, 2.24) is 14.9 Å². The number of hydrogen-bond acceptors (Lipinski definition) is 4. The van der Waals surface area contributed by atoms with E-state index in [2.05, 4.69) is 58.6 Å². The average Bonchev–Trinajstić information content (AvgIpc) is 3.46. The molecule has 0 radical (unpaired) electrons. The van der Waals surface area contributed by atoms with Gasteiger partial charge in [-0.2, -0.15) is 0 Å². The molecule has 3 N–H and O–H groups in total. The summed E-state index contributed by atoms with van der Waals surface area (Å²) in [7, 11) is 3.37. The molecule has 1 aromatic heterocycles. The maximum absolute atomic E-state index is 12.3. The zero-order valence-corrected chi connectivity index (χ0v) is 27.7. The number of allylic oxidation sites excluding steroid dienone is 1. The molecule has 44 heavy (non-hydrogen) atoms. The van der Waals surface area contributed by atoms with Gasteiger partial charge in [0, 0.05) is 65.2 Å². The van der Waals surface area contributed by atoms with Gasteiger partial charge in [-0.3, -0.25) is 0 Å². The van der Waals surface area contributed by atoms with E-state index in [0.717, 1.165) is 80.7 Å². The van der Waals surface area contributed by atoms with E-state index in [4.69, 9.17) is 28.9 Å². The number of nitrogens with two attached hydrogens (primary N) is 1. The number of nitrogens with one attached hydrogen (secondary N) is 1. The Morgan fingerprint density at radius 3 is 2.52 bits per heavy atom. The van der Waals surface area contributed by atoms with E-state index in [1.807, 2.05) is 79.8 Å². The van der Waals surface area contributed by atoms with Crippen molar-refractivity contribution in [1.29, 1.82) is 0 Å². The quantitative estimate of drug-likeness (QED) is 0.0867. The summed E-state index contributed by atoms with van der Waals surface area (Å²) in [4.78, 5) is 6.34. The van der Waals surface area contributed by atoms with Crippen LogP contribution >= 0.6 is 31.3 Å². The van der Waals surface area contributed by atoms with E-state index in [-0.39, 0.29) is 0 Å². The minimum atomic E-state index is -0.667. The van der Waals surface area contributed by atoms with Crippen LogP contribution < -0.4 is 15.9 Å². The first-order valence-corrected chi connectivity index (χ1v) is 16.8. The lowest BCUT2D eigenvalue weighted by Crippen LogP contribution is -2.19. The number of nitrogens with zero attached hydrogens (tertiary/aromatic N) is 3. The minimum Gasteiger partial charge on any atom is -0.345 e. The highest BCUT2D eigenvalue weighted by Gasteiger charge is 2.21. The zero-order chi connectivity index (χ0) is 31.6. The number of halogens is 3. The van der Waals surface area contributed by atoms with Crippen molar-refractivity contribution < 1.29 is 4.48 Å². The predicted octanol–water partition coefficient (Wildman–Crippen LogP) is 8.96. The maximum Gasteiger partial charge on any atom is 0.0948 e. The van der Waals surface area contributed by atoms with Crippen LogP contribution in [-0.2, 0) is 13.6 Å². The van der Waals surface area contributed by atoms with Crippen molar-refractivity contribution in [3.8, 4) is 23.1 Å². The molecule has 0 saturated carbocycles. The van der Waals surface area contributed by atoms with Crippen LogP contribution in [0, 0.1) is 11.8 Å². The van der Waals surface area contributed by atoms with Crippen LogP contribution in [-0.4, -0.2) is 28.9 Å². The Kier molecular flexibility index (Phi) is 12.2. The molecule has 3 aromatic carbocycles. The molecule has 228 valence electrons. The van der Waals surface area contributed by atoms with Crippen LogP contribution in [0.5, 0.6) is 0 Å². The van der Waals surface area contributed by atoms with Crippen molar-refractivity contribution in [3.05, 3.63) is 124 Å². The van der Waals surface area contributed by atoms with Crippen LogP contribution in [0.25, 0.3) is 16.8 Å². The van der Waals surface area contributed by atoms with Crippen LogP contribution in [0.2, 0.25) is 10.0 Å². The lowest BCUT2D eigenvalue weighted by Gasteiger charge is -2.30. The van der Waals surface area contributed by atoms with E-state index >= 15 is 0 Å². The summed E-state index contributed by atoms with van der Waals surface area (Å²) in [5, 5.41) is 3.26. The molecule has 9 heteroatoms. The summed E-state index contributed by atoms with van der Waals surface area (Å²) in [5.41, 5.74) is 15.2. The maximum atomic E-state index is 12.3. The Morgan fingerprint density at radius 2 is 1.84 bits per heavy atom. The van der Waals surface area contributed by atoms with Crippen molar-refractivity contribution in [3.63, 3.8) is 0 Å². The van der Waals surface area contributed by atoms with E-state index in [1.165, 1.54) is 0 Å². The van der Waals surface area contributed by atoms with Crippen LogP contribution in [0.15, 0.2) is 91.5 Å². The molecule has 5 rings (SSSR count). The molecule has 0 amide bonds. The third kappa shape index (κ3) is 8.39. The number of aromatic nitrogens is 2. The predicted molar refractivity (Wildman–Crippen MR) is 187 cm³/mol. The second-order valence-corrected chi connectivity index (χ2v) is 13.5. The summed E-state index contributed by atoms with van der Waals surface area (Å²) < 4.78 is 14.3. The van der Waals surface area contributed by atoms with Gasteiger partial charge in [0.05, 0.1) is 18.2 Å². The molecule has 1 aliphatic heterocycles. The average molecular weight is 649 g/mol. The fourth-order valence-corrected chi connectivity index (χ4v) is 6.27. The molecule has 1 atom stereocenters. The Balaban J connectivity index is 0.000000210. The van der Waals surface area contributed by atoms with Gasteiger partial charge >= 0.3 is 0 Å². The highest BCUT2D eigenvalue weighted by atomic mass is 35.5. The molecule has 0 spiro atoms. The topological polar surface area (TPSA) is 59.1 Å². The van der Waals surface area contributed by atoms with Gasteiger partial charge in [0.2, 0.25) is 0 Å². The number of likely N-dealkylation sites (N-methyl/N-ethyl adjacent to an activating group) is 1. The number of fused-ring (bicyclic) bond motifs is 1. The first-order valence-electron chi connectivity index (χ1n) is 14.4. The lowest BCUT2D eigenvalue weighted by molar-refractivity contribution is 0.454. The highest BCUT2D eigenvalue weighted by Crippen LogP contribution is 2.40. The third-order valence-corrected chi connectivity index (χ3v) is 9.71. The smallest absolute Gasteiger partial charge is 0.0948 e. The monoisotopic (exact) mass is 647 g/mol. The highest BCUT2D eigenvalue weighted by molar-refractivity contribution is 7.55. The van der Waals surface area contributed by atoms with Gasteiger partial charge in [-0.1, -0.05) is 72.8 Å². The lowest BCUT2D eigenvalue weighted by atomic mass is 9.90. The molecule has 0 fully saturated rings. The second kappa shape index (κ2) is 16.0. The number of anilines is 1. The summed E-state index contributed by atoms with van der Waals surface area (Å²) in [6.07, 6.45) is 9.19. The summed E-state index contributed by atoms with van der Waals surface area (Å²) >= 11 is 12.2. The van der Waals surface area contributed by atoms with Gasteiger partial charge in [0.25, 0.3) is 0 Å². The first-order chi connectivity index (χ1) is 21.2. The van der Waals surface area contributed by atoms with Crippen molar-refractivity contribution in [2.75, 3.05) is 24.3 Å². The fraction of sp³-hybridized carbons (Fsp3) is 0.229. The second-order valence-electron chi connectivity index (χ2n) is 10.3. The molecular formula is C35H37Cl2FN5P. The summed E-state index contributed by atoms with van der Waals surface area (Å²) in [5.74, 6) is 6.20. The Labute approximate surface area is 271 Å². The van der Waals surface area contributed by atoms with E-state index in [1.54, 1.807) is 0 Å². The van der Waals surface area contributed by atoms with Gasteiger partial charge in [-0.05, 0) is 86.0 Å². The number of imidazole rings is 1. The van der Waals surface area contributed by atoms with Gasteiger partial charge in [-0.15, -0.1) is 9.79 Å².